The van der Waals surface area contributed by atoms with Gasteiger partial charge < -0.3 is 14.8 Å². The van der Waals surface area contributed by atoms with Crippen LogP contribution in [0.4, 0.5) is 0 Å². The molecule has 0 saturated carbocycles. The van der Waals surface area contributed by atoms with Crippen LogP contribution in [0.25, 0.3) is 0 Å². The predicted molar refractivity (Wildman–Crippen MR) is 67.6 cm³/mol. The number of nitrogens with one attached hydrogen (secondary N) is 1. The molecule has 3 rings (SSSR count). The van der Waals surface area contributed by atoms with Crippen molar-refractivity contribution < 1.29 is 9.47 Å². The topological polar surface area (TPSA) is 48.3 Å². The van der Waals surface area contributed by atoms with Crippen LogP contribution < -0.4 is 10.1 Å². The van der Waals surface area contributed by atoms with Crippen LogP contribution in [0.15, 0.2) is 0 Å². The minimum absolute atomic E-state index is 0.415. The van der Waals surface area contributed by atoms with Gasteiger partial charge in [0, 0.05) is 19.6 Å². The number of aromatic nitrogens is 2. The fraction of sp³-hybridized carbons (Fsp3) is 0.769. The molecule has 3 unspecified atom stereocenters. The Bertz CT molecular complexity index is 444. The van der Waals surface area contributed by atoms with Gasteiger partial charge in [-0.2, -0.15) is 5.10 Å². The maximum Gasteiger partial charge on any atom is 0.216 e. The third kappa shape index (κ3) is 1.91. The molecule has 0 amide bonds. The summed E-state index contributed by atoms with van der Waals surface area (Å²) in [6.45, 7) is 2.83. The number of aryl methyl sites for hydroxylation is 2. The van der Waals surface area contributed by atoms with Gasteiger partial charge in [-0.15, -0.1) is 0 Å². The Morgan fingerprint density at radius 1 is 1.50 bits per heavy atom. The molecule has 3 heterocycles. The maximum absolute atomic E-state index is 5.85. The summed E-state index contributed by atoms with van der Waals surface area (Å²) in [5, 5.41) is 8.00. The van der Waals surface area contributed by atoms with Gasteiger partial charge in [0.15, 0.2) is 0 Å². The monoisotopic (exact) mass is 251 g/mol. The summed E-state index contributed by atoms with van der Waals surface area (Å²) in [6, 6.07) is 0.494. The summed E-state index contributed by atoms with van der Waals surface area (Å²) in [4.78, 5) is 0. The van der Waals surface area contributed by atoms with Crippen molar-refractivity contribution in [2.24, 2.45) is 7.05 Å². The number of rotatable bonds is 4. The average molecular weight is 251 g/mol. The van der Waals surface area contributed by atoms with Gasteiger partial charge in [0.05, 0.1) is 30.6 Å². The largest absolute Gasteiger partial charge is 0.481 e. The number of ether oxygens (including phenoxy) is 2. The molecule has 1 aromatic rings. The fourth-order valence-electron chi connectivity index (χ4n) is 3.23. The van der Waals surface area contributed by atoms with Gasteiger partial charge in [0.1, 0.15) is 0 Å². The van der Waals surface area contributed by atoms with Crippen molar-refractivity contribution in [2.75, 3.05) is 7.11 Å². The zero-order valence-electron chi connectivity index (χ0n) is 11.3. The number of hydrogen-bond donors (Lipinski definition) is 1. The second-order valence-electron chi connectivity index (χ2n) is 5.29. The van der Waals surface area contributed by atoms with Crippen LogP contribution in [0, 0.1) is 6.92 Å². The smallest absolute Gasteiger partial charge is 0.216 e. The summed E-state index contributed by atoms with van der Waals surface area (Å²) in [5.74, 6) is 0.851. The highest BCUT2D eigenvalue weighted by Crippen LogP contribution is 2.34. The molecule has 2 bridgehead atoms. The lowest BCUT2D eigenvalue weighted by Gasteiger charge is -2.20. The summed E-state index contributed by atoms with van der Waals surface area (Å²) >= 11 is 0. The van der Waals surface area contributed by atoms with E-state index in [4.69, 9.17) is 9.47 Å². The Morgan fingerprint density at radius 3 is 2.94 bits per heavy atom. The molecule has 2 aliphatic heterocycles. The van der Waals surface area contributed by atoms with E-state index < -0.39 is 0 Å². The van der Waals surface area contributed by atoms with E-state index in [0.717, 1.165) is 30.1 Å². The highest BCUT2D eigenvalue weighted by atomic mass is 16.5. The molecule has 18 heavy (non-hydrogen) atoms. The van der Waals surface area contributed by atoms with Crippen molar-refractivity contribution in [1.29, 1.82) is 0 Å². The molecule has 0 spiro atoms. The number of nitrogens with zero attached hydrogens (tertiary/aromatic N) is 2. The summed E-state index contributed by atoms with van der Waals surface area (Å²) in [6.07, 6.45) is 4.48. The Hall–Kier alpha value is -1.07. The van der Waals surface area contributed by atoms with E-state index in [1.54, 1.807) is 11.8 Å². The number of methoxy groups -OCH3 is 1. The van der Waals surface area contributed by atoms with Crippen molar-refractivity contribution >= 4 is 0 Å². The molecule has 0 radical (unpaired) electrons. The summed E-state index contributed by atoms with van der Waals surface area (Å²) < 4.78 is 13.0. The quantitative estimate of drug-likeness (QED) is 0.872. The van der Waals surface area contributed by atoms with Crippen LogP contribution in [0.2, 0.25) is 0 Å². The zero-order valence-corrected chi connectivity index (χ0v) is 11.3. The normalized spacial score (nSPS) is 30.1. The van der Waals surface area contributed by atoms with E-state index in [-0.39, 0.29) is 0 Å². The van der Waals surface area contributed by atoms with Crippen LogP contribution in [0.3, 0.4) is 0 Å². The van der Waals surface area contributed by atoms with Crippen molar-refractivity contribution in [2.45, 2.75) is 51.0 Å². The third-order valence-corrected chi connectivity index (χ3v) is 4.13. The predicted octanol–water partition coefficient (Wildman–Crippen LogP) is 1.15. The Labute approximate surface area is 107 Å². The van der Waals surface area contributed by atoms with Crippen LogP contribution in [0.5, 0.6) is 5.88 Å². The van der Waals surface area contributed by atoms with Crippen LogP contribution in [-0.2, 0) is 18.3 Å². The molecule has 1 N–H and O–H groups in total. The first-order valence-corrected chi connectivity index (χ1v) is 6.64. The molecular weight excluding hydrogens is 230 g/mol. The molecule has 2 fully saturated rings. The number of hydrogen-bond acceptors (Lipinski definition) is 4. The van der Waals surface area contributed by atoms with Gasteiger partial charge in [-0.3, -0.25) is 0 Å². The van der Waals surface area contributed by atoms with Crippen molar-refractivity contribution in [3.8, 4) is 5.88 Å². The first-order valence-electron chi connectivity index (χ1n) is 6.64. The van der Waals surface area contributed by atoms with E-state index in [2.05, 4.69) is 10.4 Å². The van der Waals surface area contributed by atoms with Gasteiger partial charge in [-0.05, 0) is 26.2 Å². The second kappa shape index (κ2) is 4.55. The first-order chi connectivity index (χ1) is 8.69. The van der Waals surface area contributed by atoms with E-state index >= 15 is 0 Å². The molecule has 3 atom stereocenters. The highest BCUT2D eigenvalue weighted by molar-refractivity contribution is 5.30. The minimum atomic E-state index is 0.415. The molecule has 5 nitrogen and oxygen atoms in total. The lowest BCUT2D eigenvalue weighted by Crippen LogP contribution is -2.37. The molecule has 2 saturated heterocycles. The molecule has 0 aliphatic carbocycles. The van der Waals surface area contributed by atoms with Crippen molar-refractivity contribution in [3.63, 3.8) is 0 Å². The maximum atomic E-state index is 5.85. The van der Waals surface area contributed by atoms with Gasteiger partial charge >= 0.3 is 0 Å². The molecule has 0 aromatic carbocycles. The minimum Gasteiger partial charge on any atom is -0.481 e. The fourth-order valence-corrected chi connectivity index (χ4v) is 3.23. The molecule has 100 valence electrons. The summed E-state index contributed by atoms with van der Waals surface area (Å²) in [7, 11) is 3.61. The van der Waals surface area contributed by atoms with Gasteiger partial charge in [-0.25, -0.2) is 4.68 Å². The van der Waals surface area contributed by atoms with Crippen LogP contribution in [0.1, 0.15) is 30.5 Å². The highest BCUT2D eigenvalue weighted by Gasteiger charge is 2.40. The number of fused-ring (bicyclic) bond motifs is 2. The lowest BCUT2D eigenvalue weighted by atomic mass is 9.95. The average Bonchev–Trinajstić information content (AvgIpc) is 3.01. The first kappa shape index (κ1) is 12.0. The van der Waals surface area contributed by atoms with Crippen LogP contribution in [-0.4, -0.2) is 35.1 Å². The van der Waals surface area contributed by atoms with E-state index in [1.165, 1.54) is 12.8 Å². The molecule has 1 aromatic heterocycles. The molecular formula is C13H21N3O2. The van der Waals surface area contributed by atoms with Crippen LogP contribution >= 0.6 is 0 Å². The Balaban J connectivity index is 1.66. The molecule has 5 heteroatoms. The van der Waals surface area contributed by atoms with E-state index in [9.17, 15) is 0 Å². The van der Waals surface area contributed by atoms with Crippen molar-refractivity contribution in [3.05, 3.63) is 11.3 Å². The Kier molecular flexibility index (Phi) is 3.03. The van der Waals surface area contributed by atoms with E-state index in [1.807, 2.05) is 14.0 Å². The third-order valence-electron chi connectivity index (χ3n) is 4.13. The van der Waals surface area contributed by atoms with Gasteiger partial charge in [0.2, 0.25) is 5.88 Å². The SMILES string of the molecule is COc1c(CNC2CC3CCC2O3)c(C)nn1C. The van der Waals surface area contributed by atoms with Gasteiger partial charge in [-0.1, -0.05) is 0 Å². The van der Waals surface area contributed by atoms with Gasteiger partial charge in [0.25, 0.3) is 0 Å². The second-order valence-corrected chi connectivity index (χ2v) is 5.29. The van der Waals surface area contributed by atoms with Crippen molar-refractivity contribution in [1.82, 2.24) is 15.1 Å². The zero-order chi connectivity index (χ0) is 12.7. The summed E-state index contributed by atoms with van der Waals surface area (Å²) in [5.41, 5.74) is 2.19. The lowest BCUT2D eigenvalue weighted by molar-refractivity contribution is 0.0972. The Morgan fingerprint density at radius 2 is 2.33 bits per heavy atom. The van der Waals surface area contributed by atoms with E-state index in [0.29, 0.717) is 18.2 Å². The molecule has 2 aliphatic rings. The standard InChI is InChI=1S/C13H21N3O2/c1-8-10(13(17-3)16(2)15-8)7-14-11-6-9-4-5-12(11)18-9/h9,11-12,14H,4-7H2,1-3H3.